The van der Waals surface area contributed by atoms with Gasteiger partial charge in [-0.3, -0.25) is 4.79 Å². The van der Waals surface area contributed by atoms with Crippen molar-refractivity contribution < 1.29 is 28.5 Å². The minimum absolute atomic E-state index is 0.210. The number of nitrogens with zero attached hydrogens (tertiary/aromatic N) is 1. The molecule has 1 N–H and O–H groups in total. The quantitative estimate of drug-likeness (QED) is 0.123. The van der Waals surface area contributed by atoms with E-state index in [0.29, 0.717) is 35.0 Å². The van der Waals surface area contributed by atoms with Gasteiger partial charge in [0.15, 0.2) is 18.1 Å². The lowest BCUT2D eigenvalue weighted by atomic mass is 10.1. The van der Waals surface area contributed by atoms with Crippen LogP contribution in [-0.2, 0) is 11.4 Å². The van der Waals surface area contributed by atoms with Gasteiger partial charge in [0, 0.05) is 0 Å². The predicted molar refractivity (Wildman–Crippen MR) is 148 cm³/mol. The largest absolute Gasteiger partial charge is 0.493 e. The SMILES string of the molecule is COc1cc(/C=N/NC(=O)COc2ccc(OCc3ccccc3)cc2)ccc1OC(=O)c1ccc(C)cc1. The van der Waals surface area contributed by atoms with Gasteiger partial charge in [0.05, 0.1) is 18.9 Å². The van der Waals surface area contributed by atoms with Crippen molar-refractivity contribution in [1.82, 2.24) is 5.43 Å². The first kappa shape index (κ1) is 26.9. The van der Waals surface area contributed by atoms with Crippen molar-refractivity contribution in [2.24, 2.45) is 5.10 Å². The zero-order chi connectivity index (χ0) is 27.5. The van der Waals surface area contributed by atoms with E-state index >= 15 is 0 Å². The number of rotatable bonds is 11. The van der Waals surface area contributed by atoms with Crippen molar-refractivity contribution in [1.29, 1.82) is 0 Å². The van der Waals surface area contributed by atoms with Gasteiger partial charge in [-0.1, -0.05) is 48.0 Å². The van der Waals surface area contributed by atoms with Crippen LogP contribution in [0, 0.1) is 6.92 Å². The summed E-state index contributed by atoms with van der Waals surface area (Å²) in [5.74, 6) is 0.940. The molecule has 4 aromatic rings. The summed E-state index contributed by atoms with van der Waals surface area (Å²) < 4.78 is 22.1. The maximum Gasteiger partial charge on any atom is 0.343 e. The fourth-order valence-electron chi connectivity index (χ4n) is 3.43. The summed E-state index contributed by atoms with van der Waals surface area (Å²) in [5.41, 5.74) is 5.61. The maximum atomic E-state index is 12.4. The highest BCUT2D eigenvalue weighted by molar-refractivity contribution is 5.91. The lowest BCUT2D eigenvalue weighted by molar-refractivity contribution is -0.123. The molecule has 0 aliphatic rings. The number of esters is 1. The molecule has 4 rings (SSSR count). The molecule has 0 bridgehead atoms. The van der Waals surface area contributed by atoms with Crippen LogP contribution in [0.1, 0.15) is 27.0 Å². The molecule has 4 aromatic carbocycles. The van der Waals surface area contributed by atoms with Crippen LogP contribution in [0.3, 0.4) is 0 Å². The number of carbonyl (C=O) groups excluding carboxylic acids is 2. The van der Waals surface area contributed by atoms with E-state index in [-0.39, 0.29) is 12.4 Å². The van der Waals surface area contributed by atoms with Crippen molar-refractivity contribution in [3.8, 4) is 23.0 Å². The second kappa shape index (κ2) is 13.4. The Morgan fingerprint density at radius 1 is 0.821 bits per heavy atom. The molecule has 0 unspecified atom stereocenters. The van der Waals surface area contributed by atoms with Gasteiger partial charge in [-0.25, -0.2) is 10.2 Å². The third-order valence-corrected chi connectivity index (χ3v) is 5.52. The molecule has 0 heterocycles. The van der Waals surface area contributed by atoms with Crippen molar-refractivity contribution >= 4 is 18.1 Å². The van der Waals surface area contributed by atoms with E-state index in [1.165, 1.54) is 13.3 Å². The third-order valence-electron chi connectivity index (χ3n) is 5.52. The number of ether oxygens (including phenoxy) is 4. The summed E-state index contributed by atoms with van der Waals surface area (Å²) in [4.78, 5) is 24.5. The van der Waals surface area contributed by atoms with Gasteiger partial charge in [-0.2, -0.15) is 5.10 Å². The van der Waals surface area contributed by atoms with Crippen LogP contribution in [0.5, 0.6) is 23.0 Å². The maximum absolute atomic E-state index is 12.4. The Labute approximate surface area is 226 Å². The van der Waals surface area contributed by atoms with Crippen molar-refractivity contribution in [2.45, 2.75) is 13.5 Å². The monoisotopic (exact) mass is 524 g/mol. The van der Waals surface area contributed by atoms with E-state index in [1.54, 1.807) is 54.6 Å². The summed E-state index contributed by atoms with van der Waals surface area (Å²) in [7, 11) is 1.47. The number of hydrazone groups is 1. The Morgan fingerprint density at radius 2 is 1.51 bits per heavy atom. The molecule has 0 aromatic heterocycles. The van der Waals surface area contributed by atoms with Crippen LogP contribution < -0.4 is 24.4 Å². The molecule has 198 valence electrons. The smallest absolute Gasteiger partial charge is 0.343 e. The minimum atomic E-state index is -0.490. The zero-order valence-corrected chi connectivity index (χ0v) is 21.6. The molecule has 0 saturated carbocycles. The van der Waals surface area contributed by atoms with E-state index in [2.05, 4.69) is 10.5 Å². The van der Waals surface area contributed by atoms with E-state index in [9.17, 15) is 9.59 Å². The molecule has 1 amide bonds. The standard InChI is InChI=1S/C31H28N2O6/c1-22-8-11-25(12-9-22)31(35)39-28-17-10-24(18-29(28)36-2)19-32-33-30(34)21-38-27-15-13-26(14-16-27)37-20-23-6-4-3-5-7-23/h3-19H,20-21H2,1-2H3,(H,33,34)/b32-19+. The molecule has 0 fully saturated rings. The van der Waals surface area contributed by atoms with Gasteiger partial charge < -0.3 is 18.9 Å². The third kappa shape index (κ3) is 8.19. The number of carbonyl (C=O) groups is 2. The average molecular weight is 525 g/mol. The first-order valence-corrected chi connectivity index (χ1v) is 12.2. The van der Waals surface area contributed by atoms with Gasteiger partial charge in [0.25, 0.3) is 5.91 Å². The summed E-state index contributed by atoms with van der Waals surface area (Å²) in [6.07, 6.45) is 1.45. The highest BCUT2D eigenvalue weighted by Gasteiger charge is 2.13. The molecule has 0 atom stereocenters. The van der Waals surface area contributed by atoms with Crippen molar-refractivity contribution in [3.05, 3.63) is 119 Å². The molecule has 8 nitrogen and oxygen atoms in total. The van der Waals surface area contributed by atoms with E-state index in [4.69, 9.17) is 18.9 Å². The number of aryl methyl sites for hydroxylation is 1. The Kier molecular flexibility index (Phi) is 9.28. The second-order valence-electron chi connectivity index (χ2n) is 8.49. The Morgan fingerprint density at radius 3 is 2.21 bits per heavy atom. The summed E-state index contributed by atoms with van der Waals surface area (Å²) in [6.45, 7) is 2.20. The van der Waals surface area contributed by atoms with Crippen LogP contribution in [-0.4, -0.2) is 31.8 Å². The van der Waals surface area contributed by atoms with Crippen LogP contribution >= 0.6 is 0 Å². The predicted octanol–water partition coefficient (Wildman–Crippen LogP) is 5.33. The summed E-state index contributed by atoms with van der Waals surface area (Å²) in [5, 5.41) is 3.96. The number of hydrogen-bond donors (Lipinski definition) is 1. The Balaban J connectivity index is 1.23. The lowest BCUT2D eigenvalue weighted by Gasteiger charge is -2.10. The van der Waals surface area contributed by atoms with Crippen LogP contribution in [0.15, 0.2) is 102 Å². The molecule has 0 radical (unpaired) electrons. The van der Waals surface area contributed by atoms with E-state index in [1.807, 2.05) is 49.4 Å². The fraction of sp³-hybridized carbons (Fsp3) is 0.129. The van der Waals surface area contributed by atoms with Crippen molar-refractivity contribution in [3.63, 3.8) is 0 Å². The van der Waals surface area contributed by atoms with Crippen LogP contribution in [0.2, 0.25) is 0 Å². The molecule has 0 aliphatic heterocycles. The molecule has 39 heavy (non-hydrogen) atoms. The molecule has 0 aliphatic carbocycles. The Hall–Kier alpha value is -5.11. The first-order chi connectivity index (χ1) is 19.0. The van der Waals surface area contributed by atoms with E-state index < -0.39 is 11.9 Å². The molecular formula is C31H28N2O6. The van der Waals surface area contributed by atoms with Gasteiger partial charge in [-0.05, 0) is 72.6 Å². The van der Waals surface area contributed by atoms with Gasteiger partial charge >= 0.3 is 5.97 Å². The molecule has 0 saturated heterocycles. The zero-order valence-electron chi connectivity index (χ0n) is 21.6. The minimum Gasteiger partial charge on any atom is -0.493 e. The summed E-state index contributed by atoms with van der Waals surface area (Å²) in [6, 6.07) is 28.9. The fourth-order valence-corrected chi connectivity index (χ4v) is 3.43. The number of hydrogen-bond acceptors (Lipinski definition) is 7. The van der Waals surface area contributed by atoms with Gasteiger partial charge in [0.1, 0.15) is 18.1 Å². The highest BCUT2D eigenvalue weighted by Crippen LogP contribution is 2.28. The van der Waals surface area contributed by atoms with Gasteiger partial charge in [0.2, 0.25) is 0 Å². The molecular weight excluding hydrogens is 496 g/mol. The van der Waals surface area contributed by atoms with Crippen LogP contribution in [0.25, 0.3) is 0 Å². The first-order valence-electron chi connectivity index (χ1n) is 12.2. The Bertz CT molecular complexity index is 1420. The number of benzene rings is 4. The van der Waals surface area contributed by atoms with Gasteiger partial charge in [-0.15, -0.1) is 0 Å². The summed E-state index contributed by atoms with van der Waals surface area (Å²) >= 11 is 0. The molecule has 0 spiro atoms. The lowest BCUT2D eigenvalue weighted by Crippen LogP contribution is -2.24. The van der Waals surface area contributed by atoms with E-state index in [0.717, 1.165) is 11.1 Å². The topological polar surface area (TPSA) is 95.5 Å². The highest BCUT2D eigenvalue weighted by atomic mass is 16.6. The normalized spacial score (nSPS) is 10.6. The van der Waals surface area contributed by atoms with Crippen LogP contribution in [0.4, 0.5) is 0 Å². The number of amides is 1. The second-order valence-corrected chi connectivity index (χ2v) is 8.49. The number of methoxy groups -OCH3 is 1. The number of nitrogens with one attached hydrogen (secondary N) is 1. The van der Waals surface area contributed by atoms with Crippen molar-refractivity contribution in [2.75, 3.05) is 13.7 Å². The molecule has 8 heteroatoms. The average Bonchev–Trinajstić information content (AvgIpc) is 2.97.